The van der Waals surface area contributed by atoms with Crippen molar-refractivity contribution in [3.05, 3.63) is 70.4 Å². The molecule has 0 saturated carbocycles. The highest BCUT2D eigenvalue weighted by molar-refractivity contribution is 5.79. The predicted octanol–water partition coefficient (Wildman–Crippen LogP) is 2.13. The lowest BCUT2D eigenvalue weighted by atomic mass is 10.2. The van der Waals surface area contributed by atoms with Crippen molar-refractivity contribution >= 4 is 5.96 Å². The first kappa shape index (κ1) is 17.7. The smallest absolute Gasteiger partial charge is 0.250 e. The summed E-state index contributed by atoms with van der Waals surface area (Å²) in [5.41, 5.74) is 0.888. The quantitative estimate of drug-likeness (QED) is 0.464. The molecule has 1 aromatic carbocycles. The van der Waals surface area contributed by atoms with Gasteiger partial charge in [-0.15, -0.1) is 0 Å². The van der Waals surface area contributed by atoms with Crippen LogP contribution in [0.2, 0.25) is 0 Å². The average Bonchev–Trinajstić information content (AvgIpc) is 2.59. The second-order valence-electron chi connectivity index (χ2n) is 5.42. The Labute approximate surface area is 141 Å². The molecule has 0 bridgehead atoms. The lowest BCUT2D eigenvalue weighted by Gasteiger charge is -2.12. The van der Waals surface area contributed by atoms with Crippen LogP contribution in [0, 0.1) is 5.82 Å². The minimum absolute atomic E-state index is 0.0260. The van der Waals surface area contributed by atoms with Crippen molar-refractivity contribution in [3.8, 4) is 0 Å². The lowest BCUT2D eigenvalue weighted by molar-refractivity contribution is 0.585. The third kappa shape index (κ3) is 5.87. The minimum Gasteiger partial charge on any atom is -0.356 e. The van der Waals surface area contributed by atoms with Gasteiger partial charge in [0.25, 0.3) is 0 Å². The van der Waals surface area contributed by atoms with E-state index in [9.17, 15) is 9.18 Å². The zero-order valence-electron chi connectivity index (χ0n) is 13.8. The maximum Gasteiger partial charge on any atom is 0.250 e. The molecule has 1 aromatic heterocycles. The molecule has 6 heteroatoms. The molecule has 0 amide bonds. The molecule has 2 rings (SSSR count). The molecule has 128 valence electrons. The van der Waals surface area contributed by atoms with Crippen LogP contribution in [0.15, 0.2) is 58.4 Å². The van der Waals surface area contributed by atoms with E-state index < -0.39 is 0 Å². The van der Waals surface area contributed by atoms with E-state index in [1.54, 1.807) is 36.0 Å². The average molecular weight is 330 g/mol. The van der Waals surface area contributed by atoms with Gasteiger partial charge in [-0.25, -0.2) is 4.39 Å². The number of nitrogens with zero attached hydrogens (tertiary/aromatic N) is 2. The Balaban J connectivity index is 1.67. The Bertz CT molecular complexity index is 727. The van der Waals surface area contributed by atoms with E-state index in [4.69, 9.17) is 0 Å². The number of rotatable bonds is 7. The summed E-state index contributed by atoms with van der Waals surface area (Å²) in [5, 5.41) is 6.36. The van der Waals surface area contributed by atoms with Crippen LogP contribution in [0.3, 0.4) is 0 Å². The third-order valence-electron chi connectivity index (χ3n) is 3.59. The highest BCUT2D eigenvalue weighted by atomic mass is 19.1. The van der Waals surface area contributed by atoms with Gasteiger partial charge in [0, 0.05) is 38.9 Å². The standard InChI is InChI=1S/C18H23FN4O/c1-20-18(22-14-15-7-6-8-16(19)13-15)21-10-3-5-12-23-11-4-2-9-17(23)24/h2,4,6-9,11,13H,3,5,10,12,14H2,1H3,(H2,20,21,22). The number of unbranched alkanes of at least 4 members (excludes halogenated alkanes) is 1. The van der Waals surface area contributed by atoms with Gasteiger partial charge in [0.15, 0.2) is 5.96 Å². The summed E-state index contributed by atoms with van der Waals surface area (Å²) in [6.07, 6.45) is 3.62. The van der Waals surface area contributed by atoms with E-state index in [-0.39, 0.29) is 11.4 Å². The van der Waals surface area contributed by atoms with Crippen LogP contribution in [0.5, 0.6) is 0 Å². The fraction of sp³-hybridized carbons (Fsp3) is 0.333. The molecule has 2 aromatic rings. The van der Waals surface area contributed by atoms with Crippen molar-refractivity contribution in [3.63, 3.8) is 0 Å². The summed E-state index contributed by atoms with van der Waals surface area (Å²) in [5.74, 6) is 0.435. The molecule has 2 N–H and O–H groups in total. The first-order valence-electron chi connectivity index (χ1n) is 8.03. The zero-order valence-corrected chi connectivity index (χ0v) is 13.8. The second-order valence-corrected chi connectivity index (χ2v) is 5.42. The first-order valence-corrected chi connectivity index (χ1v) is 8.03. The number of benzene rings is 1. The summed E-state index contributed by atoms with van der Waals surface area (Å²) in [4.78, 5) is 15.7. The molecule has 0 spiro atoms. The molecule has 0 fully saturated rings. The number of guanidine groups is 1. The first-order chi connectivity index (χ1) is 11.7. The van der Waals surface area contributed by atoms with Gasteiger partial charge in [0.05, 0.1) is 0 Å². The lowest BCUT2D eigenvalue weighted by Crippen LogP contribution is -2.37. The van der Waals surface area contributed by atoms with Crippen molar-refractivity contribution in [2.75, 3.05) is 13.6 Å². The van der Waals surface area contributed by atoms with Gasteiger partial charge in [0.1, 0.15) is 5.82 Å². The van der Waals surface area contributed by atoms with Crippen molar-refractivity contribution < 1.29 is 4.39 Å². The Morgan fingerprint density at radius 1 is 1.17 bits per heavy atom. The van der Waals surface area contributed by atoms with Gasteiger partial charge >= 0.3 is 0 Å². The summed E-state index contributed by atoms with van der Waals surface area (Å²) in [6.45, 7) is 1.97. The van der Waals surface area contributed by atoms with Crippen LogP contribution in [0.25, 0.3) is 0 Å². The Morgan fingerprint density at radius 2 is 2.04 bits per heavy atom. The van der Waals surface area contributed by atoms with Crippen LogP contribution in [-0.4, -0.2) is 24.1 Å². The number of pyridine rings is 1. The second kappa shape index (κ2) is 9.50. The number of hydrogen-bond acceptors (Lipinski definition) is 2. The molecule has 1 heterocycles. The number of aliphatic imine (C=N–C) groups is 1. The maximum atomic E-state index is 13.1. The van der Waals surface area contributed by atoms with Crippen molar-refractivity contribution in [1.29, 1.82) is 0 Å². The Kier molecular flexibility index (Phi) is 7.01. The van der Waals surface area contributed by atoms with Gasteiger partial charge in [-0.05, 0) is 36.6 Å². The number of aryl methyl sites for hydroxylation is 1. The van der Waals surface area contributed by atoms with Gasteiger partial charge < -0.3 is 15.2 Å². The highest BCUT2D eigenvalue weighted by Crippen LogP contribution is 2.02. The summed E-state index contributed by atoms with van der Waals surface area (Å²) in [6, 6.07) is 11.6. The van der Waals surface area contributed by atoms with Crippen LogP contribution < -0.4 is 16.2 Å². The summed E-state index contributed by atoms with van der Waals surface area (Å²) < 4.78 is 14.8. The van der Waals surface area contributed by atoms with E-state index in [0.29, 0.717) is 19.0 Å². The molecule has 0 aliphatic rings. The molecular formula is C18H23FN4O. The fourth-order valence-electron chi connectivity index (χ4n) is 2.31. The molecule has 0 saturated heterocycles. The molecule has 0 atom stereocenters. The van der Waals surface area contributed by atoms with Crippen LogP contribution in [0.4, 0.5) is 4.39 Å². The highest BCUT2D eigenvalue weighted by Gasteiger charge is 2.00. The van der Waals surface area contributed by atoms with Gasteiger partial charge in [0.2, 0.25) is 5.56 Å². The van der Waals surface area contributed by atoms with E-state index in [1.165, 1.54) is 12.1 Å². The van der Waals surface area contributed by atoms with Crippen LogP contribution in [-0.2, 0) is 13.1 Å². The van der Waals surface area contributed by atoms with E-state index in [2.05, 4.69) is 15.6 Å². The number of hydrogen-bond donors (Lipinski definition) is 2. The topological polar surface area (TPSA) is 58.4 Å². The molecule has 0 unspecified atom stereocenters. The number of aromatic nitrogens is 1. The molecular weight excluding hydrogens is 307 g/mol. The van der Waals surface area contributed by atoms with Gasteiger partial charge in [-0.2, -0.15) is 0 Å². The van der Waals surface area contributed by atoms with Crippen LogP contribution in [0.1, 0.15) is 18.4 Å². The fourth-order valence-corrected chi connectivity index (χ4v) is 2.31. The van der Waals surface area contributed by atoms with Crippen LogP contribution >= 0.6 is 0 Å². The van der Waals surface area contributed by atoms with E-state index in [0.717, 1.165) is 24.9 Å². The van der Waals surface area contributed by atoms with Crippen molar-refractivity contribution in [2.24, 2.45) is 4.99 Å². The Morgan fingerprint density at radius 3 is 2.79 bits per heavy atom. The molecule has 0 radical (unpaired) electrons. The van der Waals surface area contributed by atoms with E-state index >= 15 is 0 Å². The molecule has 0 aliphatic heterocycles. The predicted molar refractivity (Wildman–Crippen MR) is 94.5 cm³/mol. The minimum atomic E-state index is -0.242. The normalized spacial score (nSPS) is 11.3. The van der Waals surface area contributed by atoms with E-state index in [1.807, 2.05) is 12.1 Å². The maximum absolute atomic E-state index is 13.1. The van der Waals surface area contributed by atoms with Crippen molar-refractivity contribution in [2.45, 2.75) is 25.9 Å². The SMILES string of the molecule is CN=C(NCCCCn1ccccc1=O)NCc1cccc(F)c1. The molecule has 0 aliphatic carbocycles. The van der Waals surface area contributed by atoms with Gasteiger partial charge in [-0.3, -0.25) is 9.79 Å². The van der Waals surface area contributed by atoms with Crippen molar-refractivity contribution in [1.82, 2.24) is 15.2 Å². The Hall–Kier alpha value is -2.63. The van der Waals surface area contributed by atoms with Gasteiger partial charge in [-0.1, -0.05) is 18.2 Å². The summed E-state index contributed by atoms with van der Waals surface area (Å²) >= 11 is 0. The number of nitrogens with one attached hydrogen (secondary N) is 2. The molecule has 24 heavy (non-hydrogen) atoms. The largest absolute Gasteiger partial charge is 0.356 e. The zero-order chi connectivity index (χ0) is 17.2. The summed E-state index contributed by atoms with van der Waals surface area (Å²) in [7, 11) is 1.70. The molecule has 5 nitrogen and oxygen atoms in total. The monoisotopic (exact) mass is 330 g/mol. The number of halogens is 1. The third-order valence-corrected chi connectivity index (χ3v) is 3.59.